The van der Waals surface area contributed by atoms with Gasteiger partial charge in [-0.15, -0.1) is 0 Å². The highest BCUT2D eigenvalue weighted by Crippen LogP contribution is 2.17. The van der Waals surface area contributed by atoms with E-state index in [1.807, 2.05) is 18.3 Å². The summed E-state index contributed by atoms with van der Waals surface area (Å²) in [5, 5.41) is 0. The topological polar surface area (TPSA) is 31.4 Å². The van der Waals surface area contributed by atoms with E-state index in [1.165, 1.54) is 0 Å². The molecule has 1 radical (unpaired) electrons. The highest BCUT2D eigenvalue weighted by molar-refractivity contribution is 5.22. The molecule has 1 heterocycles. The third kappa shape index (κ3) is 6.90. The maximum atomic E-state index is 5.94. The van der Waals surface area contributed by atoms with Crippen molar-refractivity contribution in [2.24, 2.45) is 0 Å². The number of aromatic nitrogens is 1. The Labute approximate surface area is 123 Å². The molecule has 3 heteroatoms. The van der Waals surface area contributed by atoms with Gasteiger partial charge in [-0.3, -0.25) is 4.98 Å². The van der Waals surface area contributed by atoms with Crippen LogP contribution in [0.25, 0.3) is 0 Å². The fourth-order valence-corrected chi connectivity index (χ4v) is 1.90. The van der Waals surface area contributed by atoms with Crippen LogP contribution in [0.2, 0.25) is 0 Å². The number of unbranched alkanes of at least 4 members (excludes halogenated alkanes) is 2. The van der Waals surface area contributed by atoms with Gasteiger partial charge in [0.15, 0.2) is 6.29 Å². The van der Waals surface area contributed by atoms with Crippen molar-refractivity contribution < 1.29 is 9.47 Å². The summed E-state index contributed by atoms with van der Waals surface area (Å²) < 4.78 is 11.7. The zero-order valence-corrected chi connectivity index (χ0v) is 12.9. The van der Waals surface area contributed by atoms with E-state index in [0.29, 0.717) is 0 Å². The molecular weight excluding hydrogens is 250 g/mol. The number of nitrogens with zero attached hydrogens (tertiary/aromatic N) is 1. The smallest absolute Gasteiger partial charge is 0.199 e. The molecule has 0 aliphatic rings. The van der Waals surface area contributed by atoms with E-state index in [0.717, 1.165) is 63.0 Å². The van der Waals surface area contributed by atoms with Crippen LogP contribution in [-0.4, -0.2) is 17.9 Å². The zero-order valence-electron chi connectivity index (χ0n) is 12.9. The highest BCUT2D eigenvalue weighted by Gasteiger charge is 2.10. The first kappa shape index (κ1) is 17.0. The van der Waals surface area contributed by atoms with E-state index < -0.39 is 0 Å². The molecule has 1 aromatic heterocycles. The molecule has 0 saturated carbocycles. The Bertz CT molecular complexity index is 355. The second-order valence-corrected chi connectivity index (χ2v) is 5.00. The van der Waals surface area contributed by atoms with Crippen LogP contribution in [0.15, 0.2) is 18.3 Å². The van der Waals surface area contributed by atoms with Gasteiger partial charge in [0.05, 0.1) is 6.61 Å². The SMILES string of the molecule is [CH2]CCCc1cc(OC(CCC)OCCCC)ccn1. The average Bonchev–Trinajstić information content (AvgIpc) is 2.46. The van der Waals surface area contributed by atoms with Crippen LogP contribution in [0.1, 0.15) is 58.1 Å². The number of aryl methyl sites for hydroxylation is 1. The second kappa shape index (κ2) is 10.7. The van der Waals surface area contributed by atoms with Gasteiger partial charge in [-0.05, 0) is 25.3 Å². The molecule has 3 nitrogen and oxygen atoms in total. The molecule has 1 unspecified atom stereocenters. The third-order valence-corrected chi connectivity index (χ3v) is 3.06. The first-order chi connectivity index (χ1) is 9.80. The predicted molar refractivity (Wildman–Crippen MR) is 82.7 cm³/mol. The molecule has 0 amide bonds. The van der Waals surface area contributed by atoms with Crippen molar-refractivity contribution in [2.75, 3.05) is 6.61 Å². The Morgan fingerprint density at radius 3 is 2.80 bits per heavy atom. The molecule has 0 fully saturated rings. The van der Waals surface area contributed by atoms with Crippen molar-refractivity contribution in [3.63, 3.8) is 0 Å². The van der Waals surface area contributed by atoms with Crippen molar-refractivity contribution in [1.29, 1.82) is 0 Å². The highest BCUT2D eigenvalue weighted by atomic mass is 16.7. The predicted octanol–water partition coefficient (Wildman–Crippen LogP) is 4.56. The van der Waals surface area contributed by atoms with Crippen LogP contribution in [0.5, 0.6) is 5.75 Å². The molecule has 0 bridgehead atoms. The lowest BCUT2D eigenvalue weighted by Crippen LogP contribution is -2.21. The largest absolute Gasteiger partial charge is 0.465 e. The molecule has 0 aliphatic carbocycles. The minimum atomic E-state index is -0.144. The first-order valence-electron chi connectivity index (χ1n) is 7.82. The summed E-state index contributed by atoms with van der Waals surface area (Å²) in [5.41, 5.74) is 1.06. The fourth-order valence-electron chi connectivity index (χ4n) is 1.90. The molecule has 1 atom stereocenters. The molecule has 113 valence electrons. The summed E-state index contributed by atoms with van der Waals surface area (Å²) in [6.07, 6.45) is 8.80. The van der Waals surface area contributed by atoms with Gasteiger partial charge in [0.1, 0.15) is 5.75 Å². The van der Waals surface area contributed by atoms with Gasteiger partial charge in [0.2, 0.25) is 0 Å². The Morgan fingerprint density at radius 1 is 1.25 bits per heavy atom. The van der Waals surface area contributed by atoms with Crippen molar-refractivity contribution in [1.82, 2.24) is 4.98 Å². The Kier molecular flexibility index (Phi) is 9.05. The number of hydrogen-bond donors (Lipinski definition) is 0. The van der Waals surface area contributed by atoms with E-state index in [1.54, 1.807) is 0 Å². The summed E-state index contributed by atoms with van der Waals surface area (Å²) in [6, 6.07) is 3.92. The zero-order chi connectivity index (χ0) is 14.6. The number of rotatable bonds is 11. The van der Waals surface area contributed by atoms with Crippen LogP contribution in [0.4, 0.5) is 0 Å². The summed E-state index contributed by atoms with van der Waals surface area (Å²) in [7, 11) is 0. The Morgan fingerprint density at radius 2 is 2.10 bits per heavy atom. The molecule has 0 aromatic carbocycles. The van der Waals surface area contributed by atoms with E-state index >= 15 is 0 Å². The van der Waals surface area contributed by atoms with Gasteiger partial charge in [-0.1, -0.05) is 40.0 Å². The summed E-state index contributed by atoms with van der Waals surface area (Å²) in [4.78, 5) is 4.36. The minimum Gasteiger partial charge on any atom is -0.465 e. The van der Waals surface area contributed by atoms with Crippen LogP contribution in [-0.2, 0) is 11.2 Å². The summed E-state index contributed by atoms with van der Waals surface area (Å²) in [6.45, 7) is 8.93. The molecular formula is C17H28NO2. The molecule has 0 N–H and O–H groups in total. The molecule has 1 aromatic rings. The van der Waals surface area contributed by atoms with E-state index in [4.69, 9.17) is 9.47 Å². The maximum Gasteiger partial charge on any atom is 0.199 e. The van der Waals surface area contributed by atoms with Crippen molar-refractivity contribution in [3.05, 3.63) is 30.9 Å². The van der Waals surface area contributed by atoms with E-state index in [-0.39, 0.29) is 6.29 Å². The molecule has 0 spiro atoms. The minimum absolute atomic E-state index is 0.144. The van der Waals surface area contributed by atoms with Gasteiger partial charge >= 0.3 is 0 Å². The summed E-state index contributed by atoms with van der Waals surface area (Å²) in [5.74, 6) is 0.856. The lowest BCUT2D eigenvalue weighted by atomic mass is 10.2. The van der Waals surface area contributed by atoms with Crippen LogP contribution in [0.3, 0.4) is 0 Å². The van der Waals surface area contributed by atoms with Crippen molar-refractivity contribution >= 4 is 0 Å². The molecule has 1 rings (SSSR count). The van der Waals surface area contributed by atoms with Gasteiger partial charge in [-0.2, -0.15) is 0 Å². The lowest BCUT2D eigenvalue weighted by molar-refractivity contribution is -0.0854. The Balaban J connectivity index is 2.53. The number of ether oxygens (including phenoxy) is 2. The van der Waals surface area contributed by atoms with Crippen LogP contribution >= 0.6 is 0 Å². The van der Waals surface area contributed by atoms with Crippen LogP contribution < -0.4 is 4.74 Å². The number of hydrogen-bond acceptors (Lipinski definition) is 3. The quantitative estimate of drug-likeness (QED) is 0.439. The fraction of sp³-hybridized carbons (Fsp3) is 0.647. The molecule has 0 saturated heterocycles. The monoisotopic (exact) mass is 278 g/mol. The average molecular weight is 278 g/mol. The number of pyridine rings is 1. The first-order valence-corrected chi connectivity index (χ1v) is 7.82. The molecule has 0 aliphatic heterocycles. The van der Waals surface area contributed by atoms with E-state index in [9.17, 15) is 0 Å². The van der Waals surface area contributed by atoms with Gasteiger partial charge in [0, 0.05) is 24.4 Å². The van der Waals surface area contributed by atoms with Crippen LogP contribution in [0, 0.1) is 6.92 Å². The molecule has 20 heavy (non-hydrogen) atoms. The lowest BCUT2D eigenvalue weighted by Gasteiger charge is -2.19. The Hall–Kier alpha value is -1.09. The standard InChI is InChI=1S/C17H28NO2/c1-4-7-10-15-14-16(11-12-18-15)20-17(9-6-3)19-13-8-5-2/h11-12,14,17H,1,4-10,13H2,2-3H3. The second-order valence-electron chi connectivity index (χ2n) is 5.00. The van der Waals surface area contributed by atoms with Crippen molar-refractivity contribution in [3.8, 4) is 5.75 Å². The summed E-state index contributed by atoms with van der Waals surface area (Å²) >= 11 is 0. The van der Waals surface area contributed by atoms with Gasteiger partial charge < -0.3 is 9.47 Å². The van der Waals surface area contributed by atoms with Gasteiger partial charge in [0.25, 0.3) is 0 Å². The van der Waals surface area contributed by atoms with Gasteiger partial charge in [-0.25, -0.2) is 0 Å². The maximum absolute atomic E-state index is 5.94. The normalized spacial score (nSPS) is 12.3. The van der Waals surface area contributed by atoms with E-state index in [2.05, 4.69) is 25.8 Å². The van der Waals surface area contributed by atoms with Crippen molar-refractivity contribution in [2.45, 2.75) is 65.1 Å². The third-order valence-electron chi connectivity index (χ3n) is 3.06.